The lowest BCUT2D eigenvalue weighted by atomic mass is 9.81. The van der Waals surface area contributed by atoms with Crippen molar-refractivity contribution in [2.24, 2.45) is 5.41 Å². The van der Waals surface area contributed by atoms with Gasteiger partial charge in [0.25, 0.3) is 0 Å². The lowest BCUT2D eigenvalue weighted by Gasteiger charge is -2.27. The third-order valence-corrected chi connectivity index (χ3v) is 5.37. The zero-order valence-electron chi connectivity index (χ0n) is 18.6. The Morgan fingerprint density at radius 1 is 1.19 bits per heavy atom. The second kappa shape index (κ2) is 10.2. The highest BCUT2D eigenvalue weighted by atomic mass is 16.6. The van der Waals surface area contributed by atoms with Gasteiger partial charge < -0.3 is 14.3 Å². The minimum atomic E-state index is -1.21. The molecule has 0 fully saturated rings. The molecule has 0 aliphatic carbocycles. The van der Waals surface area contributed by atoms with Crippen molar-refractivity contribution in [3.05, 3.63) is 83.9 Å². The van der Waals surface area contributed by atoms with Gasteiger partial charge in [-0.1, -0.05) is 36.9 Å². The predicted molar refractivity (Wildman–Crippen MR) is 121 cm³/mol. The van der Waals surface area contributed by atoms with Crippen LogP contribution in [0.15, 0.2) is 71.3 Å². The molecule has 0 radical (unpaired) electrons. The van der Waals surface area contributed by atoms with Crippen molar-refractivity contribution in [1.82, 2.24) is 10.5 Å². The van der Waals surface area contributed by atoms with Crippen molar-refractivity contribution in [1.29, 1.82) is 0 Å². The smallest absolute Gasteiger partial charge is 0.315 e. The summed E-state index contributed by atoms with van der Waals surface area (Å²) in [4.78, 5) is 21.2. The van der Waals surface area contributed by atoms with E-state index in [1.165, 1.54) is 7.11 Å². The topological polar surface area (TPSA) is 93.8 Å². The van der Waals surface area contributed by atoms with Gasteiger partial charge in [-0.25, -0.2) is 4.98 Å². The van der Waals surface area contributed by atoms with Crippen LogP contribution in [-0.2, 0) is 22.5 Å². The van der Waals surface area contributed by atoms with Gasteiger partial charge in [0.1, 0.15) is 16.9 Å². The van der Waals surface area contributed by atoms with Crippen LogP contribution in [0.3, 0.4) is 0 Å². The number of carbonyl (C=O) groups is 1. The third kappa shape index (κ3) is 5.36. The van der Waals surface area contributed by atoms with E-state index in [0.717, 1.165) is 22.6 Å². The summed E-state index contributed by atoms with van der Waals surface area (Å²) in [6, 6.07) is 17.1. The third-order valence-electron chi connectivity index (χ3n) is 5.37. The zero-order valence-corrected chi connectivity index (χ0v) is 18.6. The zero-order chi connectivity index (χ0) is 23.1. The number of aromatic nitrogens is 1. The SMILES string of the molecule is C=C(NOC)C(C)(Cc1ccc(OCCc2nc(-c3ccccc3)oc2C)cc1)C(=O)O. The highest BCUT2D eigenvalue weighted by molar-refractivity contribution is 5.78. The molecule has 3 rings (SSSR count). The molecule has 1 heterocycles. The molecule has 0 bridgehead atoms. The van der Waals surface area contributed by atoms with Crippen LogP contribution in [-0.4, -0.2) is 29.8 Å². The number of nitrogens with one attached hydrogen (secondary N) is 1. The number of hydrogen-bond donors (Lipinski definition) is 2. The second-order valence-electron chi connectivity index (χ2n) is 7.73. The van der Waals surface area contributed by atoms with Gasteiger partial charge in [0.2, 0.25) is 5.89 Å². The molecular formula is C25H28N2O5. The van der Waals surface area contributed by atoms with E-state index < -0.39 is 11.4 Å². The summed E-state index contributed by atoms with van der Waals surface area (Å²) in [5, 5.41) is 9.67. The number of aryl methyl sites for hydroxylation is 1. The molecule has 32 heavy (non-hydrogen) atoms. The minimum absolute atomic E-state index is 0.262. The van der Waals surface area contributed by atoms with Crippen LogP contribution < -0.4 is 10.2 Å². The van der Waals surface area contributed by atoms with E-state index in [-0.39, 0.29) is 12.1 Å². The summed E-state index contributed by atoms with van der Waals surface area (Å²) in [6.07, 6.45) is 0.877. The van der Waals surface area contributed by atoms with Gasteiger partial charge in [-0.15, -0.1) is 0 Å². The minimum Gasteiger partial charge on any atom is -0.493 e. The molecule has 1 aromatic heterocycles. The van der Waals surface area contributed by atoms with Crippen LogP contribution in [0, 0.1) is 12.3 Å². The molecule has 3 aromatic rings. The first-order valence-corrected chi connectivity index (χ1v) is 10.3. The second-order valence-corrected chi connectivity index (χ2v) is 7.73. The molecule has 1 unspecified atom stereocenters. The quantitative estimate of drug-likeness (QED) is 0.425. The highest BCUT2D eigenvalue weighted by Crippen LogP contribution is 2.30. The Balaban J connectivity index is 1.58. The van der Waals surface area contributed by atoms with Crippen molar-refractivity contribution < 1.29 is 23.9 Å². The number of oxazole rings is 1. The number of carboxylic acids is 1. The van der Waals surface area contributed by atoms with Gasteiger partial charge in [-0.05, 0) is 50.1 Å². The molecule has 0 aliphatic rings. The van der Waals surface area contributed by atoms with Crippen molar-refractivity contribution in [2.45, 2.75) is 26.7 Å². The fraction of sp³-hybridized carbons (Fsp3) is 0.280. The van der Waals surface area contributed by atoms with Gasteiger partial charge in [0.05, 0.1) is 19.4 Å². The Bertz CT molecular complexity index is 1060. The first kappa shape index (κ1) is 23.1. The first-order chi connectivity index (χ1) is 15.3. The van der Waals surface area contributed by atoms with Gasteiger partial charge in [0.15, 0.2) is 0 Å². The van der Waals surface area contributed by atoms with E-state index in [9.17, 15) is 9.90 Å². The van der Waals surface area contributed by atoms with Crippen LogP contribution in [0.4, 0.5) is 0 Å². The Kier molecular flexibility index (Phi) is 7.33. The molecular weight excluding hydrogens is 408 g/mol. The van der Waals surface area contributed by atoms with Crippen molar-refractivity contribution >= 4 is 5.97 Å². The summed E-state index contributed by atoms with van der Waals surface area (Å²) in [5.74, 6) is 1.10. The van der Waals surface area contributed by atoms with E-state index in [0.29, 0.717) is 24.7 Å². The van der Waals surface area contributed by atoms with Crippen LogP contribution in [0.1, 0.15) is 23.9 Å². The first-order valence-electron chi connectivity index (χ1n) is 10.3. The number of benzene rings is 2. The van der Waals surface area contributed by atoms with E-state index in [1.54, 1.807) is 6.92 Å². The standard InChI is InChI=1S/C25H28N2O5/c1-17-22(26-23(32-17)20-8-6-5-7-9-20)14-15-31-21-12-10-19(11-13-21)16-25(3,24(28)29)18(2)27-30-4/h5-13,27H,2,14-16H2,1,3-4H3,(H,28,29). The molecule has 0 aliphatic heterocycles. The maximum Gasteiger partial charge on any atom is 0.315 e. The van der Waals surface area contributed by atoms with E-state index in [2.05, 4.69) is 17.0 Å². The number of nitrogens with zero attached hydrogens (tertiary/aromatic N) is 1. The number of ether oxygens (including phenoxy) is 1. The Morgan fingerprint density at radius 3 is 2.50 bits per heavy atom. The van der Waals surface area contributed by atoms with Crippen LogP contribution in [0.25, 0.3) is 11.5 Å². The van der Waals surface area contributed by atoms with Crippen molar-refractivity contribution in [3.63, 3.8) is 0 Å². The largest absolute Gasteiger partial charge is 0.493 e. The van der Waals surface area contributed by atoms with Crippen LogP contribution >= 0.6 is 0 Å². The molecule has 0 spiro atoms. The fourth-order valence-corrected chi connectivity index (χ4v) is 3.29. The fourth-order valence-electron chi connectivity index (χ4n) is 3.29. The molecule has 168 valence electrons. The summed E-state index contributed by atoms with van der Waals surface area (Å²) in [6.45, 7) is 7.75. The monoisotopic (exact) mass is 436 g/mol. The summed E-state index contributed by atoms with van der Waals surface area (Å²) in [7, 11) is 1.42. The maximum absolute atomic E-state index is 11.8. The summed E-state index contributed by atoms with van der Waals surface area (Å²) < 4.78 is 11.6. The Morgan fingerprint density at radius 2 is 1.88 bits per heavy atom. The van der Waals surface area contributed by atoms with Gasteiger partial charge in [-0.3, -0.25) is 15.1 Å². The molecule has 0 saturated carbocycles. The average Bonchev–Trinajstić information content (AvgIpc) is 3.16. The van der Waals surface area contributed by atoms with Crippen LogP contribution in [0.2, 0.25) is 0 Å². The molecule has 7 heteroatoms. The van der Waals surface area contributed by atoms with E-state index in [4.69, 9.17) is 14.0 Å². The van der Waals surface area contributed by atoms with E-state index >= 15 is 0 Å². The number of hydrogen-bond acceptors (Lipinski definition) is 6. The van der Waals surface area contributed by atoms with Crippen LogP contribution in [0.5, 0.6) is 5.75 Å². The van der Waals surface area contributed by atoms with Gasteiger partial charge in [0, 0.05) is 17.7 Å². The summed E-state index contributed by atoms with van der Waals surface area (Å²) >= 11 is 0. The normalized spacial score (nSPS) is 12.7. The van der Waals surface area contributed by atoms with Crippen molar-refractivity contribution in [2.75, 3.05) is 13.7 Å². The number of rotatable bonds is 11. The molecule has 2 aromatic carbocycles. The van der Waals surface area contributed by atoms with Gasteiger partial charge in [-0.2, -0.15) is 0 Å². The van der Waals surface area contributed by atoms with E-state index in [1.807, 2.05) is 61.5 Å². The Labute approximate surface area is 187 Å². The van der Waals surface area contributed by atoms with Gasteiger partial charge >= 0.3 is 5.97 Å². The summed E-state index contributed by atoms with van der Waals surface area (Å²) in [5.41, 5.74) is 4.27. The molecule has 2 N–H and O–H groups in total. The highest BCUT2D eigenvalue weighted by Gasteiger charge is 2.37. The Hall–Kier alpha value is -3.58. The number of hydroxylamine groups is 1. The molecule has 7 nitrogen and oxygen atoms in total. The molecule has 0 amide bonds. The average molecular weight is 437 g/mol. The van der Waals surface area contributed by atoms with Crippen molar-refractivity contribution in [3.8, 4) is 17.2 Å². The number of carboxylic acid groups (broad SMARTS) is 1. The number of aliphatic carboxylic acids is 1. The lowest BCUT2D eigenvalue weighted by Crippen LogP contribution is -2.37. The lowest BCUT2D eigenvalue weighted by molar-refractivity contribution is -0.146. The molecule has 1 atom stereocenters. The predicted octanol–water partition coefficient (Wildman–Crippen LogP) is 4.57. The molecule has 0 saturated heterocycles. The maximum atomic E-state index is 11.8.